The number of ether oxygens (including phenoxy) is 1. The number of carboxylic acid groups (broad SMARTS) is 1. The normalized spacial score (nSPS) is 24.4. The molecular weight excluding hydrogens is 378 g/mol. The van der Waals surface area contributed by atoms with E-state index >= 15 is 0 Å². The molecule has 1 saturated heterocycles. The molecule has 1 amide bonds. The van der Waals surface area contributed by atoms with Crippen LogP contribution in [0.1, 0.15) is 37.3 Å². The summed E-state index contributed by atoms with van der Waals surface area (Å²) in [6.45, 7) is 4.49. The van der Waals surface area contributed by atoms with Crippen LogP contribution in [0, 0.1) is 5.92 Å². The standard InChI is InChI=1S/C20H27N3O6/c1-11(2)8-13-12(4-5-15(22-28)17(13)29-3)14-9-16(24)20(18(14)25)10-21-6-7-23(20)19(26)27/h4-5,11,14,21-22,28H,6-10H2,1-3H3,(H,26,27)/t14-,20+/m1/s1. The highest BCUT2D eigenvalue weighted by molar-refractivity contribution is 6.22. The van der Waals surface area contributed by atoms with Gasteiger partial charge in [0.2, 0.25) is 0 Å². The predicted octanol–water partition coefficient (Wildman–Crippen LogP) is 1.64. The lowest BCUT2D eigenvalue weighted by molar-refractivity contribution is -0.138. The van der Waals surface area contributed by atoms with Crippen molar-refractivity contribution in [1.82, 2.24) is 10.2 Å². The van der Waals surface area contributed by atoms with Gasteiger partial charge < -0.3 is 15.2 Å². The van der Waals surface area contributed by atoms with Crippen LogP contribution in [0.15, 0.2) is 12.1 Å². The fourth-order valence-corrected chi connectivity index (χ4v) is 4.51. The van der Waals surface area contributed by atoms with Gasteiger partial charge in [0.15, 0.2) is 17.1 Å². The first kappa shape index (κ1) is 21.1. The Morgan fingerprint density at radius 3 is 2.72 bits per heavy atom. The fraction of sp³-hybridized carbons (Fsp3) is 0.550. The van der Waals surface area contributed by atoms with E-state index in [9.17, 15) is 24.7 Å². The lowest BCUT2D eigenvalue weighted by atomic mass is 9.84. The SMILES string of the molecule is COc1c(NO)ccc([C@H]2CC(=O)[C@@]3(CNCCN3C(=O)O)C2=O)c1CC(C)C. The third kappa shape index (κ3) is 3.34. The zero-order valence-corrected chi connectivity index (χ0v) is 16.8. The number of rotatable bonds is 5. The minimum absolute atomic E-state index is 0.0135. The highest BCUT2D eigenvalue weighted by Gasteiger charge is 2.61. The van der Waals surface area contributed by atoms with Crippen molar-refractivity contribution < 1.29 is 29.4 Å². The number of carbonyl (C=O) groups is 3. The van der Waals surface area contributed by atoms with Crippen LogP contribution in [0.4, 0.5) is 10.5 Å². The summed E-state index contributed by atoms with van der Waals surface area (Å²) in [5.74, 6) is -0.921. The summed E-state index contributed by atoms with van der Waals surface area (Å²) in [7, 11) is 1.48. The molecule has 0 unspecified atom stereocenters. The molecule has 0 radical (unpaired) electrons. The van der Waals surface area contributed by atoms with E-state index in [1.807, 2.05) is 13.8 Å². The molecule has 1 aliphatic carbocycles. The number of hydrogen-bond acceptors (Lipinski definition) is 7. The Morgan fingerprint density at radius 2 is 2.14 bits per heavy atom. The molecule has 1 spiro atoms. The van der Waals surface area contributed by atoms with E-state index < -0.39 is 23.3 Å². The predicted molar refractivity (Wildman–Crippen MR) is 105 cm³/mol. The number of ketones is 2. The molecule has 2 fully saturated rings. The van der Waals surface area contributed by atoms with Gasteiger partial charge >= 0.3 is 6.09 Å². The molecule has 1 aliphatic heterocycles. The maximum Gasteiger partial charge on any atom is 0.408 e. The largest absolute Gasteiger partial charge is 0.494 e. The Hall–Kier alpha value is -2.65. The molecule has 1 aromatic carbocycles. The molecule has 29 heavy (non-hydrogen) atoms. The maximum atomic E-state index is 13.5. The molecule has 1 saturated carbocycles. The van der Waals surface area contributed by atoms with E-state index in [2.05, 4.69) is 10.8 Å². The summed E-state index contributed by atoms with van der Waals surface area (Å²) < 4.78 is 5.49. The van der Waals surface area contributed by atoms with Crippen molar-refractivity contribution in [3.63, 3.8) is 0 Å². The number of benzene rings is 1. The van der Waals surface area contributed by atoms with E-state index in [4.69, 9.17) is 4.74 Å². The molecule has 4 N–H and O–H groups in total. The zero-order chi connectivity index (χ0) is 21.3. The smallest absolute Gasteiger partial charge is 0.408 e. The van der Waals surface area contributed by atoms with Crippen LogP contribution in [-0.2, 0) is 16.0 Å². The second kappa shape index (κ2) is 8.00. The second-order valence-electron chi connectivity index (χ2n) is 7.94. The molecule has 2 aliphatic rings. The van der Waals surface area contributed by atoms with Crippen LogP contribution in [-0.4, -0.2) is 65.2 Å². The van der Waals surface area contributed by atoms with Gasteiger partial charge in [-0.25, -0.2) is 4.79 Å². The van der Waals surface area contributed by atoms with E-state index in [0.29, 0.717) is 30.0 Å². The summed E-state index contributed by atoms with van der Waals surface area (Å²) in [5.41, 5.74) is 2.15. The molecular formula is C20H27N3O6. The molecule has 1 aromatic rings. The van der Waals surface area contributed by atoms with Gasteiger partial charge in [-0.3, -0.25) is 25.2 Å². The molecule has 158 valence electrons. The quantitative estimate of drug-likeness (QED) is 0.430. The average Bonchev–Trinajstić information content (AvgIpc) is 2.92. The van der Waals surface area contributed by atoms with Crippen molar-refractivity contribution in [3.05, 3.63) is 23.3 Å². The topological polar surface area (TPSA) is 128 Å². The number of methoxy groups -OCH3 is 1. The van der Waals surface area contributed by atoms with Crippen molar-refractivity contribution in [2.24, 2.45) is 5.92 Å². The monoisotopic (exact) mass is 405 g/mol. The van der Waals surface area contributed by atoms with Crippen LogP contribution in [0.5, 0.6) is 5.75 Å². The first-order chi connectivity index (χ1) is 13.8. The molecule has 1 heterocycles. The number of piperazine rings is 1. The highest BCUT2D eigenvalue weighted by Crippen LogP contribution is 2.44. The van der Waals surface area contributed by atoms with Crippen molar-refractivity contribution >= 4 is 23.3 Å². The van der Waals surface area contributed by atoms with E-state index in [1.54, 1.807) is 12.1 Å². The highest BCUT2D eigenvalue weighted by atomic mass is 16.5. The Bertz CT molecular complexity index is 840. The summed E-state index contributed by atoms with van der Waals surface area (Å²) >= 11 is 0. The Labute approximate surface area is 169 Å². The van der Waals surface area contributed by atoms with Gasteiger partial charge in [-0.15, -0.1) is 0 Å². The fourth-order valence-electron chi connectivity index (χ4n) is 4.51. The summed E-state index contributed by atoms with van der Waals surface area (Å²) in [5, 5.41) is 22.0. The Morgan fingerprint density at radius 1 is 1.41 bits per heavy atom. The van der Waals surface area contributed by atoms with Crippen LogP contribution in [0.25, 0.3) is 0 Å². The van der Waals surface area contributed by atoms with Crippen molar-refractivity contribution in [2.75, 3.05) is 32.2 Å². The first-order valence-corrected chi connectivity index (χ1v) is 9.66. The van der Waals surface area contributed by atoms with Gasteiger partial charge in [-0.2, -0.15) is 0 Å². The minimum atomic E-state index is -1.69. The van der Waals surface area contributed by atoms with E-state index in [0.717, 1.165) is 10.5 Å². The summed E-state index contributed by atoms with van der Waals surface area (Å²) in [6.07, 6.45) is -0.765. The molecule has 0 bridgehead atoms. The van der Waals surface area contributed by atoms with E-state index in [1.165, 1.54) is 7.11 Å². The van der Waals surface area contributed by atoms with Gasteiger partial charge in [-0.05, 0) is 24.0 Å². The number of carbonyl (C=O) groups excluding carboxylic acids is 2. The Balaban J connectivity index is 2.11. The van der Waals surface area contributed by atoms with Crippen LogP contribution in [0.2, 0.25) is 0 Å². The average molecular weight is 405 g/mol. The Kier molecular flexibility index (Phi) is 5.81. The zero-order valence-electron chi connectivity index (χ0n) is 16.8. The molecule has 2 atom stereocenters. The minimum Gasteiger partial charge on any atom is -0.494 e. The van der Waals surface area contributed by atoms with Gasteiger partial charge in [0, 0.05) is 31.6 Å². The number of nitrogens with one attached hydrogen (secondary N) is 2. The second-order valence-corrected chi connectivity index (χ2v) is 7.94. The van der Waals surface area contributed by atoms with Gasteiger partial charge in [-0.1, -0.05) is 19.9 Å². The number of nitrogens with zero attached hydrogens (tertiary/aromatic N) is 1. The third-order valence-corrected chi connectivity index (χ3v) is 5.77. The van der Waals surface area contributed by atoms with Crippen LogP contribution >= 0.6 is 0 Å². The third-order valence-electron chi connectivity index (χ3n) is 5.77. The van der Waals surface area contributed by atoms with Crippen LogP contribution < -0.4 is 15.5 Å². The van der Waals surface area contributed by atoms with Crippen LogP contribution in [0.3, 0.4) is 0 Å². The maximum absolute atomic E-state index is 13.5. The summed E-state index contributed by atoms with van der Waals surface area (Å²) in [6, 6.07) is 3.30. The van der Waals surface area contributed by atoms with Gasteiger partial charge in [0.25, 0.3) is 0 Å². The first-order valence-electron chi connectivity index (χ1n) is 9.66. The van der Waals surface area contributed by atoms with Crippen molar-refractivity contribution in [3.8, 4) is 5.75 Å². The van der Waals surface area contributed by atoms with E-state index in [-0.39, 0.29) is 31.2 Å². The lowest BCUT2D eigenvalue weighted by Gasteiger charge is -2.40. The van der Waals surface area contributed by atoms with Gasteiger partial charge in [0.1, 0.15) is 11.4 Å². The van der Waals surface area contributed by atoms with Crippen molar-refractivity contribution in [1.29, 1.82) is 0 Å². The molecule has 9 nitrogen and oxygen atoms in total. The number of Topliss-reactive ketones (excluding diaryl/α,β-unsaturated/α-hetero) is 2. The summed E-state index contributed by atoms with van der Waals surface area (Å²) in [4.78, 5) is 39.3. The molecule has 0 aromatic heterocycles. The number of amides is 1. The van der Waals surface area contributed by atoms with Gasteiger partial charge in [0.05, 0.1) is 13.0 Å². The van der Waals surface area contributed by atoms with Crippen molar-refractivity contribution in [2.45, 2.75) is 38.1 Å². The number of hydrogen-bond donors (Lipinski definition) is 4. The molecule has 9 heteroatoms. The number of anilines is 1. The molecule has 3 rings (SSSR count). The lowest BCUT2D eigenvalue weighted by Crippen LogP contribution is -2.68.